The summed E-state index contributed by atoms with van der Waals surface area (Å²) >= 11 is 3.12. The minimum atomic E-state index is -4.30. The van der Waals surface area contributed by atoms with Crippen molar-refractivity contribution in [1.29, 1.82) is 5.26 Å². The van der Waals surface area contributed by atoms with Crippen molar-refractivity contribution in [2.75, 3.05) is 11.9 Å². The Hall–Kier alpha value is -1.22. The van der Waals surface area contributed by atoms with E-state index in [2.05, 4.69) is 21.2 Å². The Bertz CT molecular complexity index is 395. The lowest BCUT2D eigenvalue weighted by atomic mass is 10.2. The normalized spacial score (nSPS) is 10.9. The van der Waals surface area contributed by atoms with Crippen molar-refractivity contribution in [2.45, 2.75) is 6.18 Å². The maximum absolute atomic E-state index is 11.9. The summed E-state index contributed by atoms with van der Waals surface area (Å²) in [5.41, 5.74) is 0.353. The molecule has 0 spiro atoms. The van der Waals surface area contributed by atoms with Gasteiger partial charge in [-0.05, 0) is 18.2 Å². The largest absolute Gasteiger partial charge is 0.405 e. The SMILES string of the molecule is N#Cc1ccc(Br)cc1NCC(F)(F)F. The minimum absolute atomic E-state index is 0.171. The number of halogens is 4. The van der Waals surface area contributed by atoms with Crippen LogP contribution in [-0.2, 0) is 0 Å². The Kier molecular flexibility index (Phi) is 3.58. The van der Waals surface area contributed by atoms with Crippen LogP contribution in [0.25, 0.3) is 0 Å². The molecule has 6 heteroatoms. The van der Waals surface area contributed by atoms with Gasteiger partial charge in [-0.15, -0.1) is 0 Å². The highest BCUT2D eigenvalue weighted by Crippen LogP contribution is 2.23. The van der Waals surface area contributed by atoms with Crippen molar-refractivity contribution in [2.24, 2.45) is 0 Å². The number of nitrogens with zero attached hydrogens (tertiary/aromatic N) is 1. The van der Waals surface area contributed by atoms with E-state index in [0.717, 1.165) is 0 Å². The van der Waals surface area contributed by atoms with E-state index in [9.17, 15) is 13.2 Å². The molecule has 15 heavy (non-hydrogen) atoms. The van der Waals surface area contributed by atoms with Gasteiger partial charge in [-0.25, -0.2) is 0 Å². The molecule has 0 unspecified atom stereocenters. The molecular weight excluding hydrogens is 273 g/mol. The number of benzene rings is 1. The van der Waals surface area contributed by atoms with E-state index in [1.54, 1.807) is 6.07 Å². The van der Waals surface area contributed by atoms with Crippen LogP contribution in [0, 0.1) is 11.3 Å². The third-order valence-corrected chi connectivity index (χ3v) is 2.07. The number of hydrogen-bond acceptors (Lipinski definition) is 2. The highest BCUT2D eigenvalue weighted by atomic mass is 79.9. The molecule has 0 aliphatic rings. The molecule has 1 N–H and O–H groups in total. The van der Waals surface area contributed by atoms with E-state index in [-0.39, 0.29) is 11.3 Å². The van der Waals surface area contributed by atoms with Crippen molar-refractivity contribution >= 4 is 21.6 Å². The second-order valence-corrected chi connectivity index (χ2v) is 3.69. The molecule has 1 rings (SSSR count). The van der Waals surface area contributed by atoms with Crippen LogP contribution < -0.4 is 5.32 Å². The van der Waals surface area contributed by atoms with E-state index in [4.69, 9.17) is 5.26 Å². The number of nitriles is 1. The van der Waals surface area contributed by atoms with Crippen molar-refractivity contribution in [1.82, 2.24) is 0 Å². The maximum Gasteiger partial charge on any atom is 0.405 e. The van der Waals surface area contributed by atoms with Gasteiger partial charge in [0, 0.05) is 4.47 Å². The zero-order valence-electron chi connectivity index (χ0n) is 7.40. The number of hydrogen-bond donors (Lipinski definition) is 1. The smallest absolute Gasteiger partial charge is 0.375 e. The lowest BCUT2D eigenvalue weighted by molar-refractivity contribution is -0.115. The molecule has 0 aromatic heterocycles. The molecule has 0 saturated heterocycles. The minimum Gasteiger partial charge on any atom is -0.375 e. The van der Waals surface area contributed by atoms with Gasteiger partial charge < -0.3 is 5.32 Å². The number of anilines is 1. The Labute approximate surface area is 92.8 Å². The fraction of sp³-hybridized carbons (Fsp3) is 0.222. The summed E-state index contributed by atoms with van der Waals surface area (Å²) in [6.07, 6.45) is -4.30. The molecule has 1 aromatic rings. The standard InChI is InChI=1S/C9H6BrF3N2/c10-7-2-1-6(4-14)8(3-7)15-5-9(11,12)13/h1-3,15H,5H2. The second kappa shape index (κ2) is 4.53. The van der Waals surface area contributed by atoms with Crippen LogP contribution in [0.15, 0.2) is 22.7 Å². The summed E-state index contributed by atoms with van der Waals surface area (Å²) in [5, 5.41) is 10.8. The lowest BCUT2D eigenvalue weighted by Gasteiger charge is -2.10. The fourth-order valence-corrected chi connectivity index (χ4v) is 1.32. The van der Waals surface area contributed by atoms with E-state index in [0.29, 0.717) is 4.47 Å². The third kappa shape index (κ3) is 3.80. The second-order valence-electron chi connectivity index (χ2n) is 2.77. The van der Waals surface area contributed by atoms with Crippen LogP contribution in [0.5, 0.6) is 0 Å². The van der Waals surface area contributed by atoms with Gasteiger partial charge in [0.05, 0.1) is 11.3 Å². The van der Waals surface area contributed by atoms with Gasteiger partial charge in [-0.1, -0.05) is 15.9 Å². The fourth-order valence-electron chi connectivity index (χ4n) is 0.956. The van der Waals surface area contributed by atoms with E-state index >= 15 is 0 Å². The van der Waals surface area contributed by atoms with E-state index in [1.165, 1.54) is 12.1 Å². The molecule has 0 aliphatic carbocycles. The molecule has 0 fully saturated rings. The highest BCUT2D eigenvalue weighted by Gasteiger charge is 2.26. The predicted octanol–water partition coefficient (Wildman–Crippen LogP) is 3.29. The highest BCUT2D eigenvalue weighted by molar-refractivity contribution is 9.10. The average Bonchev–Trinajstić information content (AvgIpc) is 2.14. The molecular formula is C9H6BrF3N2. The predicted molar refractivity (Wildman–Crippen MR) is 53.4 cm³/mol. The third-order valence-electron chi connectivity index (χ3n) is 1.58. The monoisotopic (exact) mass is 278 g/mol. The molecule has 0 bridgehead atoms. The maximum atomic E-state index is 11.9. The first kappa shape index (κ1) is 11.9. The summed E-state index contributed by atoms with van der Waals surface area (Å²) in [6, 6.07) is 6.28. The number of nitrogens with one attached hydrogen (secondary N) is 1. The summed E-state index contributed by atoms with van der Waals surface area (Å²) in [4.78, 5) is 0. The average molecular weight is 279 g/mol. The Balaban J connectivity index is 2.85. The molecule has 80 valence electrons. The summed E-state index contributed by atoms with van der Waals surface area (Å²) < 4.78 is 36.4. The lowest BCUT2D eigenvalue weighted by Crippen LogP contribution is -2.21. The van der Waals surface area contributed by atoms with E-state index in [1.807, 2.05) is 6.07 Å². The molecule has 0 aliphatic heterocycles. The number of alkyl halides is 3. The van der Waals surface area contributed by atoms with Crippen LogP contribution in [0.3, 0.4) is 0 Å². The Morgan fingerprint density at radius 2 is 2.07 bits per heavy atom. The van der Waals surface area contributed by atoms with Crippen molar-refractivity contribution in [3.05, 3.63) is 28.2 Å². The number of rotatable bonds is 2. The molecule has 2 nitrogen and oxygen atoms in total. The zero-order chi connectivity index (χ0) is 11.5. The van der Waals surface area contributed by atoms with Crippen molar-refractivity contribution in [3.8, 4) is 6.07 Å². The summed E-state index contributed by atoms with van der Waals surface area (Å²) in [5.74, 6) is 0. The quantitative estimate of drug-likeness (QED) is 0.901. The zero-order valence-corrected chi connectivity index (χ0v) is 8.98. The van der Waals surface area contributed by atoms with Gasteiger partial charge in [-0.2, -0.15) is 18.4 Å². The van der Waals surface area contributed by atoms with Gasteiger partial charge in [0.15, 0.2) is 0 Å². The van der Waals surface area contributed by atoms with E-state index < -0.39 is 12.7 Å². The van der Waals surface area contributed by atoms with Crippen LogP contribution in [0.4, 0.5) is 18.9 Å². The van der Waals surface area contributed by atoms with Crippen LogP contribution in [-0.4, -0.2) is 12.7 Å². The van der Waals surface area contributed by atoms with Gasteiger partial charge in [-0.3, -0.25) is 0 Å². The molecule has 0 heterocycles. The molecule has 0 atom stereocenters. The topological polar surface area (TPSA) is 35.8 Å². The van der Waals surface area contributed by atoms with Gasteiger partial charge >= 0.3 is 6.18 Å². The molecule has 1 aromatic carbocycles. The van der Waals surface area contributed by atoms with Gasteiger partial charge in [0.1, 0.15) is 12.6 Å². The van der Waals surface area contributed by atoms with Crippen molar-refractivity contribution < 1.29 is 13.2 Å². The van der Waals surface area contributed by atoms with Crippen LogP contribution in [0.2, 0.25) is 0 Å². The first-order valence-corrected chi connectivity index (χ1v) is 4.72. The van der Waals surface area contributed by atoms with Gasteiger partial charge in [0.2, 0.25) is 0 Å². The first-order valence-electron chi connectivity index (χ1n) is 3.92. The Morgan fingerprint density at radius 3 is 2.60 bits per heavy atom. The van der Waals surface area contributed by atoms with Gasteiger partial charge in [0.25, 0.3) is 0 Å². The molecule has 0 saturated carbocycles. The Morgan fingerprint density at radius 1 is 1.40 bits per heavy atom. The summed E-state index contributed by atoms with van der Waals surface area (Å²) in [7, 11) is 0. The molecule has 0 radical (unpaired) electrons. The van der Waals surface area contributed by atoms with Crippen LogP contribution in [0.1, 0.15) is 5.56 Å². The van der Waals surface area contributed by atoms with Crippen LogP contribution >= 0.6 is 15.9 Å². The van der Waals surface area contributed by atoms with Crippen molar-refractivity contribution in [3.63, 3.8) is 0 Å². The summed E-state index contributed by atoms with van der Waals surface area (Å²) in [6.45, 7) is -1.15. The molecule has 0 amide bonds. The first-order chi connectivity index (χ1) is 6.92.